The Hall–Kier alpha value is -4.79. The van der Waals surface area contributed by atoms with Gasteiger partial charge < -0.3 is 9.73 Å². The lowest BCUT2D eigenvalue weighted by Gasteiger charge is -2.25. The van der Waals surface area contributed by atoms with Crippen molar-refractivity contribution in [1.82, 2.24) is 30.0 Å². The summed E-state index contributed by atoms with van der Waals surface area (Å²) in [6.45, 7) is 6.11. The van der Waals surface area contributed by atoms with E-state index < -0.39 is 11.6 Å². The van der Waals surface area contributed by atoms with Crippen LogP contribution in [0.3, 0.4) is 0 Å². The molecule has 1 atom stereocenters. The number of aromatic nitrogens is 6. The third-order valence-corrected chi connectivity index (χ3v) is 6.28. The van der Waals surface area contributed by atoms with Crippen LogP contribution in [0.2, 0.25) is 0 Å². The van der Waals surface area contributed by atoms with E-state index in [9.17, 15) is 4.39 Å². The van der Waals surface area contributed by atoms with Gasteiger partial charge in [-0.25, -0.2) is 13.8 Å². The highest BCUT2D eigenvalue weighted by atomic mass is 19.1. The zero-order valence-corrected chi connectivity index (χ0v) is 21.2. The van der Waals surface area contributed by atoms with Gasteiger partial charge in [-0.3, -0.25) is 0 Å². The number of nitrogens with zero attached hydrogens (tertiary/aromatic N) is 6. The van der Waals surface area contributed by atoms with Gasteiger partial charge in [0.2, 0.25) is 0 Å². The van der Waals surface area contributed by atoms with E-state index in [4.69, 9.17) is 9.52 Å². The molecule has 3 aromatic heterocycles. The zero-order valence-electron chi connectivity index (χ0n) is 21.2. The quantitative estimate of drug-likeness (QED) is 0.282. The van der Waals surface area contributed by atoms with Crippen LogP contribution in [0.25, 0.3) is 28.1 Å². The van der Waals surface area contributed by atoms with Crippen molar-refractivity contribution in [3.63, 3.8) is 0 Å². The largest absolute Gasteiger partial charge is 0.454 e. The number of para-hydroxylation sites is 2. The van der Waals surface area contributed by atoms with Crippen molar-refractivity contribution in [1.29, 1.82) is 0 Å². The number of tetrazole rings is 1. The first-order chi connectivity index (χ1) is 18.4. The lowest BCUT2D eigenvalue weighted by atomic mass is 10.0. The molecular weight excluding hydrogens is 481 g/mol. The van der Waals surface area contributed by atoms with Crippen molar-refractivity contribution in [2.45, 2.75) is 32.4 Å². The zero-order chi connectivity index (χ0) is 26.3. The first-order valence-corrected chi connectivity index (χ1v) is 12.3. The molecule has 1 N–H and O–H groups in total. The smallest absolute Gasteiger partial charge is 0.178 e. The van der Waals surface area contributed by atoms with E-state index in [0.717, 1.165) is 22.2 Å². The SMILES string of the molecule is CC(C)(C)n1nnnc1C(Nc1ccc(F)cc1)c1cn(-c2ccccc2)nc1-c1cc2ccccc2o1. The minimum Gasteiger partial charge on any atom is -0.454 e. The molecule has 190 valence electrons. The molecule has 0 saturated heterocycles. The summed E-state index contributed by atoms with van der Waals surface area (Å²) in [6, 6.07) is 25.4. The molecule has 0 aliphatic carbocycles. The van der Waals surface area contributed by atoms with Crippen LogP contribution >= 0.6 is 0 Å². The summed E-state index contributed by atoms with van der Waals surface area (Å²) in [5.41, 5.74) is 3.43. The van der Waals surface area contributed by atoms with Crippen LogP contribution in [0.1, 0.15) is 38.2 Å². The number of hydrogen-bond acceptors (Lipinski definition) is 6. The number of halogens is 1. The molecular formula is C29H26FN7O. The van der Waals surface area contributed by atoms with Crippen molar-refractivity contribution in [3.05, 3.63) is 108 Å². The number of anilines is 1. The molecule has 0 bridgehead atoms. The number of rotatable bonds is 6. The Morgan fingerprint density at radius 1 is 0.921 bits per heavy atom. The Labute approximate surface area is 218 Å². The second-order valence-corrected chi connectivity index (χ2v) is 10.1. The molecule has 9 heteroatoms. The number of nitrogens with one attached hydrogen (secondary N) is 1. The fourth-order valence-electron chi connectivity index (χ4n) is 4.45. The van der Waals surface area contributed by atoms with E-state index in [-0.39, 0.29) is 5.82 Å². The van der Waals surface area contributed by atoms with Crippen LogP contribution in [0.5, 0.6) is 0 Å². The van der Waals surface area contributed by atoms with E-state index in [2.05, 4.69) is 20.8 Å². The average molecular weight is 508 g/mol. The first kappa shape index (κ1) is 23.6. The van der Waals surface area contributed by atoms with Crippen LogP contribution in [-0.4, -0.2) is 30.0 Å². The molecule has 6 rings (SSSR count). The molecule has 0 fully saturated rings. The highest BCUT2D eigenvalue weighted by Crippen LogP contribution is 2.37. The van der Waals surface area contributed by atoms with Gasteiger partial charge in [0.25, 0.3) is 0 Å². The number of fused-ring (bicyclic) bond motifs is 1. The lowest BCUT2D eigenvalue weighted by molar-refractivity contribution is 0.333. The molecule has 3 aromatic carbocycles. The fourth-order valence-corrected chi connectivity index (χ4v) is 4.45. The summed E-state index contributed by atoms with van der Waals surface area (Å²) < 4.78 is 23.6. The second kappa shape index (κ2) is 9.26. The summed E-state index contributed by atoms with van der Waals surface area (Å²) in [5, 5.41) is 22.2. The monoisotopic (exact) mass is 507 g/mol. The van der Waals surface area contributed by atoms with Gasteiger partial charge >= 0.3 is 0 Å². The third-order valence-electron chi connectivity index (χ3n) is 6.28. The number of furan rings is 1. The Bertz CT molecular complexity index is 1660. The first-order valence-electron chi connectivity index (χ1n) is 12.3. The highest BCUT2D eigenvalue weighted by molar-refractivity contribution is 5.82. The molecule has 0 amide bonds. The maximum absolute atomic E-state index is 13.7. The summed E-state index contributed by atoms with van der Waals surface area (Å²) in [7, 11) is 0. The minimum atomic E-state index is -0.532. The maximum atomic E-state index is 13.7. The predicted octanol–water partition coefficient (Wildman–Crippen LogP) is 6.37. The maximum Gasteiger partial charge on any atom is 0.178 e. The van der Waals surface area contributed by atoms with Crippen molar-refractivity contribution in [2.24, 2.45) is 0 Å². The fraction of sp³-hybridized carbons (Fsp3) is 0.172. The molecule has 8 nitrogen and oxygen atoms in total. The lowest BCUT2D eigenvalue weighted by Crippen LogP contribution is -2.29. The Morgan fingerprint density at radius 3 is 2.39 bits per heavy atom. The molecule has 6 aromatic rings. The number of benzene rings is 3. The van der Waals surface area contributed by atoms with Crippen molar-refractivity contribution >= 4 is 16.7 Å². The summed E-state index contributed by atoms with van der Waals surface area (Å²) in [4.78, 5) is 0. The average Bonchev–Trinajstić information content (AvgIpc) is 3.66. The van der Waals surface area contributed by atoms with Gasteiger partial charge in [-0.05, 0) is 79.7 Å². The normalized spacial score (nSPS) is 12.6. The second-order valence-electron chi connectivity index (χ2n) is 10.1. The van der Waals surface area contributed by atoms with Gasteiger partial charge in [0.1, 0.15) is 23.1 Å². The summed E-state index contributed by atoms with van der Waals surface area (Å²) >= 11 is 0. The molecule has 0 radical (unpaired) electrons. The van der Waals surface area contributed by atoms with Crippen LogP contribution in [0.15, 0.2) is 95.5 Å². The van der Waals surface area contributed by atoms with E-state index >= 15 is 0 Å². The standard InChI is InChI=1S/C29H26FN7O/c1-29(2,3)37-28(32-34-35-37)27(31-21-15-13-20(30)14-16-21)23-18-36(22-10-5-4-6-11-22)33-26(23)25-17-19-9-7-8-12-24(19)38-25/h4-18,27,31H,1-3H3. The van der Waals surface area contributed by atoms with Gasteiger partial charge in [-0.15, -0.1) is 5.10 Å². The van der Waals surface area contributed by atoms with Gasteiger partial charge in [-0.1, -0.05) is 36.4 Å². The molecule has 3 heterocycles. The van der Waals surface area contributed by atoms with Crippen LogP contribution in [0, 0.1) is 5.82 Å². The van der Waals surface area contributed by atoms with Gasteiger partial charge in [0.15, 0.2) is 11.6 Å². The van der Waals surface area contributed by atoms with Gasteiger partial charge in [0.05, 0.1) is 11.2 Å². The predicted molar refractivity (Wildman–Crippen MR) is 143 cm³/mol. The summed E-state index contributed by atoms with van der Waals surface area (Å²) in [6.07, 6.45) is 1.96. The Morgan fingerprint density at radius 2 is 1.66 bits per heavy atom. The minimum absolute atomic E-state index is 0.313. The van der Waals surface area contributed by atoms with Gasteiger partial charge in [0, 0.05) is 22.8 Å². The molecule has 0 saturated carbocycles. The van der Waals surface area contributed by atoms with Crippen molar-refractivity contribution in [3.8, 4) is 17.1 Å². The van der Waals surface area contributed by atoms with E-state index in [1.165, 1.54) is 12.1 Å². The van der Waals surface area contributed by atoms with E-state index in [0.29, 0.717) is 23.0 Å². The molecule has 0 aliphatic heterocycles. The number of hydrogen-bond donors (Lipinski definition) is 1. The van der Waals surface area contributed by atoms with Crippen LogP contribution in [0.4, 0.5) is 10.1 Å². The van der Waals surface area contributed by atoms with Crippen LogP contribution < -0.4 is 5.32 Å². The third kappa shape index (κ3) is 4.43. The Kier molecular flexibility index (Phi) is 5.75. The van der Waals surface area contributed by atoms with Crippen molar-refractivity contribution < 1.29 is 8.81 Å². The van der Waals surface area contributed by atoms with E-state index in [1.54, 1.807) is 16.8 Å². The molecule has 0 spiro atoms. The molecule has 38 heavy (non-hydrogen) atoms. The Balaban J connectivity index is 1.57. The van der Waals surface area contributed by atoms with E-state index in [1.807, 2.05) is 92.3 Å². The van der Waals surface area contributed by atoms with Gasteiger partial charge in [-0.2, -0.15) is 5.10 Å². The highest BCUT2D eigenvalue weighted by Gasteiger charge is 2.31. The molecule has 1 unspecified atom stereocenters. The van der Waals surface area contributed by atoms with Crippen molar-refractivity contribution in [2.75, 3.05) is 5.32 Å². The molecule has 0 aliphatic rings. The van der Waals surface area contributed by atoms with Crippen LogP contribution in [-0.2, 0) is 5.54 Å². The summed E-state index contributed by atoms with van der Waals surface area (Å²) in [5.74, 6) is 0.898. The topological polar surface area (TPSA) is 86.6 Å².